The summed E-state index contributed by atoms with van der Waals surface area (Å²) >= 11 is 0. The molecular weight excluding hydrogens is 186 g/mol. The highest BCUT2D eigenvalue weighted by Gasteiger charge is 2.09. The predicted octanol–water partition coefficient (Wildman–Crippen LogP) is 3.23. The van der Waals surface area contributed by atoms with Gasteiger partial charge in [0.2, 0.25) is 5.91 Å². The maximum atomic E-state index is 11.5. The molecule has 1 amide bonds. The van der Waals surface area contributed by atoms with Gasteiger partial charge < -0.3 is 4.90 Å². The molecule has 0 aliphatic heterocycles. The highest BCUT2D eigenvalue weighted by atomic mass is 16.2. The molecule has 0 atom stereocenters. The molecule has 0 saturated carbocycles. The lowest BCUT2D eigenvalue weighted by Gasteiger charge is -2.20. The molecule has 0 N–H and O–H groups in total. The van der Waals surface area contributed by atoms with E-state index in [4.69, 9.17) is 0 Å². The molecule has 0 bridgehead atoms. The van der Waals surface area contributed by atoms with Crippen LogP contribution in [-0.4, -0.2) is 12.5 Å². The van der Waals surface area contributed by atoms with Gasteiger partial charge in [-0.25, -0.2) is 0 Å². The third-order valence-electron chi connectivity index (χ3n) is 2.43. The van der Waals surface area contributed by atoms with Gasteiger partial charge in [-0.15, -0.1) is 0 Å². The van der Waals surface area contributed by atoms with E-state index in [9.17, 15) is 4.79 Å². The Hall–Kier alpha value is -1.31. The maximum Gasteiger partial charge on any atom is 0.223 e. The minimum absolute atomic E-state index is 0.123. The number of benzene rings is 1. The van der Waals surface area contributed by atoms with Crippen LogP contribution in [-0.2, 0) is 4.79 Å². The van der Waals surface area contributed by atoms with Gasteiger partial charge >= 0.3 is 0 Å². The number of carbonyl (C=O) groups excluding carboxylic acids is 1. The van der Waals surface area contributed by atoms with Crippen LogP contribution in [0.3, 0.4) is 0 Å². The largest absolute Gasteiger partial charge is 0.313 e. The summed E-state index contributed by atoms with van der Waals surface area (Å²) < 4.78 is 0. The Kier molecular flexibility index (Phi) is 4.88. The monoisotopic (exact) mass is 205 g/mol. The topological polar surface area (TPSA) is 20.3 Å². The normalized spacial score (nSPS) is 10.0. The van der Waals surface area contributed by atoms with E-state index >= 15 is 0 Å². The zero-order valence-corrected chi connectivity index (χ0v) is 9.57. The molecule has 0 unspecified atom stereocenters. The summed E-state index contributed by atoms with van der Waals surface area (Å²) in [4.78, 5) is 13.3. The highest BCUT2D eigenvalue weighted by molar-refractivity contribution is 5.91. The number of hydrogen-bond acceptors (Lipinski definition) is 1. The fourth-order valence-corrected chi connectivity index (χ4v) is 1.60. The van der Waals surface area contributed by atoms with Crippen LogP contribution < -0.4 is 4.90 Å². The summed E-state index contributed by atoms with van der Waals surface area (Å²) in [6.45, 7) is 4.62. The SMILES string of the molecule is CCCCCN(C(C)=O)c1ccccc1. The number of para-hydroxylation sites is 1. The molecule has 1 rings (SSSR count). The van der Waals surface area contributed by atoms with E-state index in [0.717, 1.165) is 18.7 Å². The van der Waals surface area contributed by atoms with E-state index < -0.39 is 0 Å². The summed E-state index contributed by atoms with van der Waals surface area (Å²) in [6, 6.07) is 9.85. The predicted molar refractivity (Wildman–Crippen MR) is 64.0 cm³/mol. The lowest BCUT2D eigenvalue weighted by atomic mass is 10.2. The van der Waals surface area contributed by atoms with Crippen molar-refractivity contribution in [3.63, 3.8) is 0 Å². The highest BCUT2D eigenvalue weighted by Crippen LogP contribution is 2.14. The Morgan fingerprint density at radius 3 is 2.40 bits per heavy atom. The third-order valence-corrected chi connectivity index (χ3v) is 2.43. The second kappa shape index (κ2) is 6.23. The van der Waals surface area contributed by atoms with Crippen LogP contribution in [0, 0.1) is 0 Å². The molecule has 0 radical (unpaired) electrons. The number of hydrogen-bond donors (Lipinski definition) is 0. The first-order chi connectivity index (χ1) is 7.25. The molecule has 0 aromatic heterocycles. The zero-order chi connectivity index (χ0) is 11.1. The van der Waals surface area contributed by atoms with Crippen LogP contribution in [0.2, 0.25) is 0 Å². The summed E-state index contributed by atoms with van der Waals surface area (Å²) in [5.41, 5.74) is 1.00. The van der Waals surface area contributed by atoms with Crippen molar-refractivity contribution < 1.29 is 4.79 Å². The van der Waals surface area contributed by atoms with E-state index in [2.05, 4.69) is 6.92 Å². The van der Waals surface area contributed by atoms with Gasteiger partial charge in [0.1, 0.15) is 0 Å². The van der Waals surface area contributed by atoms with E-state index in [1.54, 1.807) is 6.92 Å². The van der Waals surface area contributed by atoms with Gasteiger partial charge in [-0.2, -0.15) is 0 Å². The molecule has 2 nitrogen and oxygen atoms in total. The van der Waals surface area contributed by atoms with Crippen LogP contribution in [0.5, 0.6) is 0 Å². The van der Waals surface area contributed by atoms with Gasteiger partial charge in [0.05, 0.1) is 0 Å². The van der Waals surface area contributed by atoms with Crippen LogP contribution in [0.25, 0.3) is 0 Å². The van der Waals surface area contributed by atoms with Gasteiger partial charge in [-0.05, 0) is 18.6 Å². The zero-order valence-electron chi connectivity index (χ0n) is 9.57. The van der Waals surface area contributed by atoms with Crippen molar-refractivity contribution in [2.24, 2.45) is 0 Å². The quantitative estimate of drug-likeness (QED) is 0.676. The van der Waals surface area contributed by atoms with E-state index in [1.807, 2.05) is 35.2 Å². The lowest BCUT2D eigenvalue weighted by Crippen LogP contribution is -2.29. The molecule has 0 fully saturated rings. The second-order valence-electron chi connectivity index (χ2n) is 3.71. The molecule has 2 heteroatoms. The molecule has 0 aliphatic rings. The van der Waals surface area contributed by atoms with Gasteiger partial charge in [-0.3, -0.25) is 4.79 Å². The minimum Gasteiger partial charge on any atom is -0.313 e. The van der Waals surface area contributed by atoms with Crippen molar-refractivity contribution in [2.75, 3.05) is 11.4 Å². The average Bonchev–Trinajstić information content (AvgIpc) is 2.25. The fraction of sp³-hybridized carbons (Fsp3) is 0.462. The second-order valence-corrected chi connectivity index (χ2v) is 3.71. The summed E-state index contributed by atoms with van der Waals surface area (Å²) in [5.74, 6) is 0.123. The summed E-state index contributed by atoms with van der Waals surface area (Å²) in [6.07, 6.45) is 3.43. The summed E-state index contributed by atoms with van der Waals surface area (Å²) in [7, 11) is 0. The third kappa shape index (κ3) is 3.74. The standard InChI is InChI=1S/C13H19NO/c1-3-4-8-11-14(12(2)15)13-9-6-5-7-10-13/h5-7,9-10H,3-4,8,11H2,1-2H3. The van der Waals surface area contributed by atoms with Crippen molar-refractivity contribution in [3.05, 3.63) is 30.3 Å². The fourth-order valence-electron chi connectivity index (χ4n) is 1.60. The maximum absolute atomic E-state index is 11.5. The van der Waals surface area contributed by atoms with Crippen LogP contribution in [0.1, 0.15) is 33.1 Å². The first-order valence-electron chi connectivity index (χ1n) is 5.59. The van der Waals surface area contributed by atoms with E-state index in [0.29, 0.717) is 0 Å². The number of carbonyl (C=O) groups is 1. The van der Waals surface area contributed by atoms with Crippen LogP contribution in [0.4, 0.5) is 5.69 Å². The van der Waals surface area contributed by atoms with Crippen LogP contribution in [0.15, 0.2) is 30.3 Å². The average molecular weight is 205 g/mol. The van der Waals surface area contributed by atoms with E-state index in [1.165, 1.54) is 12.8 Å². The Balaban J connectivity index is 2.62. The number of nitrogens with zero attached hydrogens (tertiary/aromatic N) is 1. The smallest absolute Gasteiger partial charge is 0.223 e. The van der Waals surface area contributed by atoms with Crippen molar-refractivity contribution >= 4 is 11.6 Å². The molecular formula is C13H19NO. The molecule has 0 heterocycles. The minimum atomic E-state index is 0.123. The number of amides is 1. The van der Waals surface area contributed by atoms with Crippen LogP contribution >= 0.6 is 0 Å². The number of rotatable bonds is 5. The van der Waals surface area contributed by atoms with Gasteiger partial charge in [-0.1, -0.05) is 38.0 Å². The Labute approximate surface area is 91.9 Å². The van der Waals surface area contributed by atoms with Crippen molar-refractivity contribution in [1.82, 2.24) is 0 Å². The van der Waals surface area contributed by atoms with Gasteiger partial charge in [0.25, 0.3) is 0 Å². The number of anilines is 1. The molecule has 0 spiro atoms. The Morgan fingerprint density at radius 1 is 1.20 bits per heavy atom. The van der Waals surface area contributed by atoms with Gasteiger partial charge in [0.15, 0.2) is 0 Å². The first-order valence-corrected chi connectivity index (χ1v) is 5.59. The van der Waals surface area contributed by atoms with Crippen molar-refractivity contribution in [2.45, 2.75) is 33.1 Å². The van der Waals surface area contributed by atoms with Gasteiger partial charge in [0, 0.05) is 19.2 Å². The van der Waals surface area contributed by atoms with Crippen molar-refractivity contribution in [3.8, 4) is 0 Å². The Bertz CT molecular complexity index is 295. The molecule has 1 aromatic carbocycles. The number of unbranched alkanes of at least 4 members (excludes halogenated alkanes) is 2. The summed E-state index contributed by atoms with van der Waals surface area (Å²) in [5, 5.41) is 0. The first kappa shape index (κ1) is 11.8. The molecule has 0 aliphatic carbocycles. The lowest BCUT2D eigenvalue weighted by molar-refractivity contribution is -0.116. The Morgan fingerprint density at radius 2 is 1.87 bits per heavy atom. The molecule has 82 valence electrons. The molecule has 1 aromatic rings. The molecule has 15 heavy (non-hydrogen) atoms. The van der Waals surface area contributed by atoms with E-state index in [-0.39, 0.29) is 5.91 Å². The molecule has 0 saturated heterocycles. The van der Waals surface area contributed by atoms with Crippen molar-refractivity contribution in [1.29, 1.82) is 0 Å².